The molecule has 2 nitrogen and oxygen atoms in total. The molecule has 0 saturated carbocycles. The van der Waals surface area contributed by atoms with Crippen molar-refractivity contribution in [2.45, 2.75) is 0 Å². The lowest BCUT2D eigenvalue weighted by Crippen LogP contribution is -2.10. The summed E-state index contributed by atoms with van der Waals surface area (Å²) in [6, 6.07) is 77.3. The van der Waals surface area contributed by atoms with Gasteiger partial charge in [-0.3, -0.25) is 0 Å². The summed E-state index contributed by atoms with van der Waals surface area (Å²) in [6.45, 7) is 0. The van der Waals surface area contributed by atoms with Crippen molar-refractivity contribution < 1.29 is 4.42 Å². The number of rotatable bonds is 5. The number of thiophene rings is 1. The Kier molecular flexibility index (Phi) is 7.51. The van der Waals surface area contributed by atoms with E-state index < -0.39 is 0 Å². The SMILES string of the molecule is c1ccc(-c2ccc(N(c3cccc4c3sc3ccccc34)c3cccc4oc5c(-c6ccc7c8ccccc8c8ccccc8c7c6)c6ccccc6cc5c34)cc2)cc1. The summed E-state index contributed by atoms with van der Waals surface area (Å²) in [6.07, 6.45) is 0. The molecular weight excluding hydrogens is 759 g/mol. The molecule has 13 aromatic rings. The zero-order valence-corrected chi connectivity index (χ0v) is 33.8. The number of hydrogen-bond acceptors (Lipinski definition) is 3. The number of hydrogen-bond donors (Lipinski definition) is 0. The van der Waals surface area contributed by atoms with Gasteiger partial charge in [0.25, 0.3) is 0 Å². The Morgan fingerprint density at radius 1 is 0.361 bits per heavy atom. The van der Waals surface area contributed by atoms with Gasteiger partial charge in [0.2, 0.25) is 0 Å². The van der Waals surface area contributed by atoms with E-state index in [1.165, 1.54) is 74.4 Å². The molecule has 2 aromatic heterocycles. The van der Waals surface area contributed by atoms with Crippen molar-refractivity contribution in [2.24, 2.45) is 0 Å². The van der Waals surface area contributed by atoms with Gasteiger partial charge < -0.3 is 9.32 Å². The predicted molar refractivity (Wildman–Crippen MR) is 262 cm³/mol. The highest BCUT2D eigenvalue weighted by atomic mass is 32.1. The molecule has 0 aliphatic heterocycles. The molecule has 0 N–H and O–H groups in total. The van der Waals surface area contributed by atoms with Crippen LogP contribution in [0.2, 0.25) is 0 Å². The van der Waals surface area contributed by atoms with Crippen molar-refractivity contribution in [1.29, 1.82) is 0 Å². The smallest absolute Gasteiger partial charge is 0.143 e. The number of furan rings is 1. The zero-order chi connectivity index (χ0) is 40.0. The third-order valence-electron chi connectivity index (χ3n) is 12.6. The second kappa shape index (κ2) is 13.4. The molecule has 0 unspecified atom stereocenters. The number of anilines is 3. The summed E-state index contributed by atoms with van der Waals surface area (Å²) in [5.74, 6) is 0. The van der Waals surface area contributed by atoms with E-state index in [9.17, 15) is 0 Å². The molecule has 0 fully saturated rings. The van der Waals surface area contributed by atoms with Crippen LogP contribution in [0.15, 0.2) is 217 Å². The van der Waals surface area contributed by atoms with E-state index >= 15 is 0 Å². The fourth-order valence-electron chi connectivity index (χ4n) is 9.89. The van der Waals surface area contributed by atoms with Crippen LogP contribution in [-0.2, 0) is 0 Å². The van der Waals surface area contributed by atoms with Crippen LogP contribution in [0.25, 0.3) is 107 Å². The summed E-state index contributed by atoms with van der Waals surface area (Å²) in [5.41, 5.74) is 9.68. The van der Waals surface area contributed by atoms with Crippen LogP contribution in [0.1, 0.15) is 0 Å². The summed E-state index contributed by atoms with van der Waals surface area (Å²) >= 11 is 1.86. The highest BCUT2D eigenvalue weighted by molar-refractivity contribution is 7.26. The Balaban J connectivity index is 1.10. The van der Waals surface area contributed by atoms with E-state index in [2.05, 4.69) is 217 Å². The average molecular weight is 794 g/mol. The summed E-state index contributed by atoms with van der Waals surface area (Å²) in [4.78, 5) is 2.45. The molecule has 2 heterocycles. The van der Waals surface area contributed by atoms with Crippen LogP contribution in [0, 0.1) is 0 Å². The predicted octanol–water partition coefficient (Wildman–Crippen LogP) is 17.4. The van der Waals surface area contributed by atoms with Gasteiger partial charge >= 0.3 is 0 Å². The highest BCUT2D eigenvalue weighted by Gasteiger charge is 2.25. The van der Waals surface area contributed by atoms with Crippen LogP contribution < -0.4 is 4.90 Å². The third-order valence-corrected chi connectivity index (χ3v) is 13.8. The van der Waals surface area contributed by atoms with Gasteiger partial charge in [-0.25, -0.2) is 0 Å². The average Bonchev–Trinajstić information content (AvgIpc) is 3.90. The maximum atomic E-state index is 7.17. The largest absolute Gasteiger partial charge is 0.455 e. The van der Waals surface area contributed by atoms with E-state index in [4.69, 9.17) is 4.42 Å². The Morgan fingerprint density at radius 3 is 1.70 bits per heavy atom. The molecule has 61 heavy (non-hydrogen) atoms. The monoisotopic (exact) mass is 793 g/mol. The van der Waals surface area contributed by atoms with Gasteiger partial charge in [-0.15, -0.1) is 11.3 Å². The standard InChI is InChI=1S/C58H35NOS/c1-2-14-36(15-3-1)37-28-31-40(32-29-37)59(52-25-12-23-48-47-22-10-11-27-54(47)61-58(48)52)51-24-13-26-53-56(51)50-34-38-16-4-5-17-41(38)55(57(50)60-53)39-30-33-46-44-20-7-6-18-42(44)43-19-8-9-21-45(43)49(46)35-39/h1-35H. The van der Waals surface area contributed by atoms with Crippen LogP contribution in [0.4, 0.5) is 17.1 Å². The van der Waals surface area contributed by atoms with Gasteiger partial charge in [0, 0.05) is 32.1 Å². The van der Waals surface area contributed by atoms with Crippen LogP contribution in [-0.4, -0.2) is 0 Å². The van der Waals surface area contributed by atoms with Gasteiger partial charge in [-0.2, -0.15) is 0 Å². The molecule has 0 spiro atoms. The van der Waals surface area contributed by atoms with Crippen molar-refractivity contribution in [3.8, 4) is 22.3 Å². The minimum Gasteiger partial charge on any atom is -0.455 e. The lowest BCUT2D eigenvalue weighted by atomic mass is 9.90. The van der Waals surface area contributed by atoms with Crippen molar-refractivity contribution in [3.05, 3.63) is 212 Å². The van der Waals surface area contributed by atoms with Gasteiger partial charge in [-0.05, 0) is 108 Å². The minimum absolute atomic E-state index is 0.857. The summed E-state index contributed by atoms with van der Waals surface area (Å²) in [5, 5.41) is 14.6. The fourth-order valence-corrected chi connectivity index (χ4v) is 11.1. The molecule has 0 saturated heterocycles. The number of fused-ring (bicyclic) bond motifs is 13. The quantitative estimate of drug-likeness (QED) is 0.161. The lowest BCUT2D eigenvalue weighted by Gasteiger charge is -2.27. The number of nitrogens with zero attached hydrogens (tertiary/aromatic N) is 1. The molecule has 0 bridgehead atoms. The van der Waals surface area contributed by atoms with Crippen molar-refractivity contribution in [1.82, 2.24) is 0 Å². The Bertz CT molecular complexity index is 3840. The van der Waals surface area contributed by atoms with E-state index in [1.807, 2.05) is 11.3 Å². The zero-order valence-electron chi connectivity index (χ0n) is 33.0. The first kappa shape index (κ1) is 34.2. The Morgan fingerprint density at radius 2 is 0.934 bits per heavy atom. The Hall–Kier alpha value is -7.72. The molecule has 284 valence electrons. The maximum Gasteiger partial charge on any atom is 0.143 e. The molecule has 13 rings (SSSR count). The van der Waals surface area contributed by atoms with Crippen molar-refractivity contribution >= 4 is 114 Å². The summed E-state index contributed by atoms with van der Waals surface area (Å²) in [7, 11) is 0. The Labute approximate surface area is 355 Å². The fraction of sp³-hybridized carbons (Fsp3) is 0. The van der Waals surface area contributed by atoms with E-state index in [1.54, 1.807) is 0 Å². The van der Waals surface area contributed by atoms with Crippen molar-refractivity contribution in [2.75, 3.05) is 4.90 Å². The maximum absolute atomic E-state index is 7.17. The molecule has 3 heteroatoms. The third kappa shape index (κ3) is 5.21. The van der Waals surface area contributed by atoms with E-state index in [0.717, 1.165) is 50.1 Å². The summed E-state index contributed by atoms with van der Waals surface area (Å²) < 4.78 is 9.70. The molecule has 0 amide bonds. The second-order valence-electron chi connectivity index (χ2n) is 16.0. The first-order valence-corrected chi connectivity index (χ1v) is 21.6. The van der Waals surface area contributed by atoms with Crippen LogP contribution >= 0.6 is 11.3 Å². The number of benzene rings is 11. The van der Waals surface area contributed by atoms with Crippen LogP contribution in [0.5, 0.6) is 0 Å². The van der Waals surface area contributed by atoms with E-state index in [-0.39, 0.29) is 0 Å². The van der Waals surface area contributed by atoms with Gasteiger partial charge in [-0.1, -0.05) is 164 Å². The lowest BCUT2D eigenvalue weighted by molar-refractivity contribution is 0.670. The minimum atomic E-state index is 0.857. The van der Waals surface area contributed by atoms with E-state index in [0.29, 0.717) is 0 Å². The normalized spacial score (nSPS) is 11.9. The highest BCUT2D eigenvalue weighted by Crippen LogP contribution is 2.50. The van der Waals surface area contributed by atoms with Crippen LogP contribution in [0.3, 0.4) is 0 Å². The molecule has 0 radical (unpaired) electrons. The first-order chi connectivity index (χ1) is 30.3. The van der Waals surface area contributed by atoms with Crippen molar-refractivity contribution in [3.63, 3.8) is 0 Å². The molecule has 0 atom stereocenters. The molecule has 0 aliphatic rings. The second-order valence-corrected chi connectivity index (χ2v) is 17.0. The first-order valence-electron chi connectivity index (χ1n) is 20.8. The molecule has 0 aliphatic carbocycles. The van der Waals surface area contributed by atoms with Gasteiger partial charge in [0.1, 0.15) is 11.2 Å². The van der Waals surface area contributed by atoms with Gasteiger partial charge in [0.15, 0.2) is 0 Å². The van der Waals surface area contributed by atoms with Gasteiger partial charge in [0.05, 0.1) is 21.5 Å². The molecule has 11 aromatic carbocycles. The molecular formula is C58H35NOS. The topological polar surface area (TPSA) is 16.4 Å².